The topological polar surface area (TPSA) is 52.3 Å². The lowest BCUT2D eigenvalue weighted by molar-refractivity contribution is -0.0584. The minimum atomic E-state index is -0.688. The van der Waals surface area contributed by atoms with Crippen LogP contribution >= 0.6 is 0 Å². The smallest absolute Gasteiger partial charge is 0.127 e. The highest BCUT2D eigenvalue weighted by Crippen LogP contribution is 2.71. The molecule has 1 saturated carbocycles. The van der Waals surface area contributed by atoms with Crippen LogP contribution in [0.15, 0.2) is 35.9 Å². The van der Waals surface area contributed by atoms with Gasteiger partial charge in [-0.2, -0.15) is 0 Å². The van der Waals surface area contributed by atoms with Crippen molar-refractivity contribution in [1.29, 1.82) is 0 Å². The van der Waals surface area contributed by atoms with E-state index in [-0.39, 0.29) is 23.4 Å². The van der Waals surface area contributed by atoms with Crippen molar-refractivity contribution in [2.75, 3.05) is 6.54 Å². The fraction of sp³-hybridized carbons (Fsp3) is 0.579. The van der Waals surface area contributed by atoms with Gasteiger partial charge < -0.3 is 10.5 Å². The summed E-state index contributed by atoms with van der Waals surface area (Å²) in [5, 5.41) is 0. The molecular weight excluding hydrogens is 274 g/mol. The van der Waals surface area contributed by atoms with Gasteiger partial charge in [0, 0.05) is 12.0 Å². The van der Waals surface area contributed by atoms with E-state index in [1.165, 1.54) is 0 Å². The van der Waals surface area contributed by atoms with Gasteiger partial charge in [-0.25, -0.2) is 4.79 Å². The van der Waals surface area contributed by atoms with Crippen LogP contribution in [-0.2, 0) is 9.53 Å². The van der Waals surface area contributed by atoms with E-state index in [0.29, 0.717) is 12.1 Å². The molecule has 0 heterocycles. The molecule has 22 heavy (non-hydrogen) atoms. The van der Waals surface area contributed by atoms with Gasteiger partial charge in [-0.05, 0) is 24.3 Å². The van der Waals surface area contributed by atoms with Crippen molar-refractivity contribution in [3.8, 4) is 0 Å². The second-order valence-corrected chi connectivity index (χ2v) is 6.86. The Labute approximate surface area is 133 Å². The summed E-state index contributed by atoms with van der Waals surface area (Å²) in [6.07, 6.45) is -0.118. The molecule has 3 nitrogen and oxygen atoms in total. The van der Waals surface area contributed by atoms with Crippen LogP contribution in [0, 0.1) is 17.3 Å². The van der Waals surface area contributed by atoms with Gasteiger partial charge in [0.2, 0.25) is 0 Å². The molecule has 1 fully saturated rings. The largest absolute Gasteiger partial charge is 0.360 e. The highest BCUT2D eigenvalue weighted by atomic mass is 16.5. The number of nitrogens with two attached hydrogens (primary N) is 1. The van der Waals surface area contributed by atoms with Gasteiger partial charge in [0.05, 0.1) is 11.7 Å². The Bertz CT molecular complexity index is 564. The molecule has 120 valence electrons. The first-order chi connectivity index (χ1) is 10.4. The van der Waals surface area contributed by atoms with E-state index < -0.39 is 5.60 Å². The minimum absolute atomic E-state index is 0.118. The van der Waals surface area contributed by atoms with Gasteiger partial charge >= 0.3 is 0 Å². The second kappa shape index (κ2) is 6.00. The van der Waals surface area contributed by atoms with Crippen LogP contribution in [0.5, 0.6) is 0 Å². The SMILES string of the molecule is CC(OC1(CN)C(=C=O)C1(C(C)C)C(C)C)c1ccccc1. The molecule has 3 heteroatoms. The zero-order valence-electron chi connectivity index (χ0n) is 14.2. The molecular formula is C19H27NO2. The van der Waals surface area contributed by atoms with Crippen LogP contribution in [0.3, 0.4) is 0 Å². The van der Waals surface area contributed by atoms with Crippen molar-refractivity contribution in [3.63, 3.8) is 0 Å². The average molecular weight is 301 g/mol. The van der Waals surface area contributed by atoms with Gasteiger partial charge in [-0.1, -0.05) is 58.0 Å². The maximum absolute atomic E-state index is 11.6. The van der Waals surface area contributed by atoms with Crippen molar-refractivity contribution in [2.24, 2.45) is 23.0 Å². The summed E-state index contributed by atoms with van der Waals surface area (Å²) in [4.78, 5) is 11.6. The summed E-state index contributed by atoms with van der Waals surface area (Å²) < 4.78 is 6.40. The van der Waals surface area contributed by atoms with Crippen molar-refractivity contribution < 1.29 is 9.53 Å². The van der Waals surface area contributed by atoms with Gasteiger partial charge in [0.1, 0.15) is 11.5 Å². The van der Waals surface area contributed by atoms with E-state index in [9.17, 15) is 4.79 Å². The predicted molar refractivity (Wildman–Crippen MR) is 89.0 cm³/mol. The molecule has 1 aromatic carbocycles. The fourth-order valence-corrected chi connectivity index (χ4v) is 4.39. The number of benzene rings is 1. The molecule has 0 amide bonds. The molecule has 0 radical (unpaired) electrons. The van der Waals surface area contributed by atoms with E-state index in [4.69, 9.17) is 10.5 Å². The van der Waals surface area contributed by atoms with Crippen molar-refractivity contribution >= 4 is 5.94 Å². The molecule has 0 spiro atoms. The number of ether oxygens (including phenoxy) is 1. The van der Waals surface area contributed by atoms with Crippen molar-refractivity contribution in [2.45, 2.75) is 46.3 Å². The third-order valence-corrected chi connectivity index (χ3v) is 5.28. The zero-order valence-corrected chi connectivity index (χ0v) is 14.2. The summed E-state index contributed by atoms with van der Waals surface area (Å²) >= 11 is 0. The Kier molecular flexibility index (Phi) is 4.62. The monoisotopic (exact) mass is 301 g/mol. The Morgan fingerprint density at radius 3 is 2.00 bits per heavy atom. The summed E-state index contributed by atoms with van der Waals surface area (Å²) in [6, 6.07) is 10.0. The maximum atomic E-state index is 11.6. The molecule has 2 N–H and O–H groups in total. The summed E-state index contributed by atoms with van der Waals surface area (Å²) in [7, 11) is 0. The second-order valence-electron chi connectivity index (χ2n) is 6.86. The number of hydrogen-bond donors (Lipinski definition) is 1. The number of rotatable bonds is 6. The molecule has 1 aliphatic rings. The minimum Gasteiger partial charge on any atom is -0.360 e. The van der Waals surface area contributed by atoms with Crippen LogP contribution in [-0.4, -0.2) is 18.1 Å². The van der Waals surface area contributed by atoms with Gasteiger partial charge in [0.15, 0.2) is 0 Å². The maximum Gasteiger partial charge on any atom is 0.127 e. The first-order valence-electron chi connectivity index (χ1n) is 8.07. The highest BCUT2D eigenvalue weighted by Gasteiger charge is 2.77. The quantitative estimate of drug-likeness (QED) is 0.818. The zero-order chi connectivity index (χ0) is 16.5. The highest BCUT2D eigenvalue weighted by molar-refractivity contribution is 5.72. The van der Waals surface area contributed by atoms with E-state index in [2.05, 4.69) is 33.6 Å². The molecule has 0 aromatic heterocycles. The first-order valence-corrected chi connectivity index (χ1v) is 8.07. The van der Waals surface area contributed by atoms with Crippen LogP contribution in [0.25, 0.3) is 0 Å². The Morgan fingerprint density at radius 2 is 1.64 bits per heavy atom. The summed E-state index contributed by atoms with van der Waals surface area (Å²) in [5.74, 6) is 2.70. The van der Waals surface area contributed by atoms with Crippen LogP contribution in [0.2, 0.25) is 0 Å². The normalized spacial score (nSPS) is 24.5. The standard InChI is InChI=1S/C19H27NO2/c1-13(2)19(14(3)4)17(11-21)18(19,12-20)22-15(5)16-9-7-6-8-10-16/h6-10,13-15H,12,20H2,1-5H3. The first kappa shape index (κ1) is 17.0. The third kappa shape index (κ3) is 2.16. The van der Waals surface area contributed by atoms with E-state index in [1.54, 1.807) is 0 Å². The van der Waals surface area contributed by atoms with Gasteiger partial charge in [0.25, 0.3) is 0 Å². The van der Waals surface area contributed by atoms with Gasteiger partial charge in [-0.15, -0.1) is 0 Å². The summed E-state index contributed by atoms with van der Waals surface area (Å²) in [6.45, 7) is 10.8. The molecule has 1 aliphatic carbocycles. The lowest BCUT2D eigenvalue weighted by Gasteiger charge is -2.32. The van der Waals surface area contributed by atoms with Crippen molar-refractivity contribution in [1.82, 2.24) is 0 Å². The molecule has 0 saturated heterocycles. The molecule has 2 rings (SSSR count). The predicted octanol–water partition coefficient (Wildman–Crippen LogP) is 3.53. The molecule has 2 unspecified atom stereocenters. The van der Waals surface area contributed by atoms with Crippen LogP contribution in [0.4, 0.5) is 0 Å². The Balaban J connectivity index is 2.40. The van der Waals surface area contributed by atoms with Crippen LogP contribution < -0.4 is 5.73 Å². The lowest BCUT2D eigenvalue weighted by atomic mass is 9.78. The van der Waals surface area contributed by atoms with Crippen LogP contribution in [0.1, 0.15) is 46.3 Å². The van der Waals surface area contributed by atoms with E-state index in [1.807, 2.05) is 37.3 Å². The Hall–Kier alpha value is -1.41. The van der Waals surface area contributed by atoms with E-state index in [0.717, 1.165) is 5.56 Å². The molecule has 0 bridgehead atoms. The molecule has 2 atom stereocenters. The molecule has 0 aliphatic heterocycles. The van der Waals surface area contributed by atoms with Gasteiger partial charge in [-0.3, -0.25) is 0 Å². The van der Waals surface area contributed by atoms with E-state index >= 15 is 0 Å². The Morgan fingerprint density at radius 1 is 1.09 bits per heavy atom. The van der Waals surface area contributed by atoms with Crippen molar-refractivity contribution in [3.05, 3.63) is 41.5 Å². The molecule has 1 aromatic rings. The third-order valence-electron chi connectivity index (χ3n) is 5.28. The number of hydrogen-bond acceptors (Lipinski definition) is 3. The lowest BCUT2D eigenvalue weighted by Crippen LogP contribution is -2.38. The number of carbonyl (C=O) groups excluding carboxylic acids is 1. The summed E-state index contributed by atoms with van der Waals surface area (Å²) in [5.41, 5.74) is 6.88. The fourth-order valence-electron chi connectivity index (χ4n) is 4.39. The average Bonchev–Trinajstić information content (AvgIpc) is 3.11.